The van der Waals surface area contributed by atoms with Crippen LogP contribution in [0.1, 0.15) is 29.5 Å². The molecule has 50 heavy (non-hydrogen) atoms. The normalized spacial score (nSPS) is 13.7. The molecule has 5 N–H and O–H groups in total. The highest BCUT2D eigenvalue weighted by molar-refractivity contribution is 7.89. The number of sulfonamides is 1. The lowest BCUT2D eigenvalue weighted by molar-refractivity contribution is -0.203. The third-order valence-electron chi connectivity index (χ3n) is 8.07. The van der Waals surface area contributed by atoms with Crippen LogP contribution in [0.25, 0.3) is 22.0 Å². The zero-order valence-electron chi connectivity index (χ0n) is 26.7. The number of aromatic amines is 2. The molecular weight excluding hydrogens is 679 g/mol. The number of ether oxygens (including phenoxy) is 1. The van der Waals surface area contributed by atoms with Gasteiger partial charge in [0.05, 0.1) is 22.1 Å². The van der Waals surface area contributed by atoms with E-state index in [1.165, 1.54) is 44.4 Å². The van der Waals surface area contributed by atoms with Crippen molar-refractivity contribution in [1.29, 1.82) is 0 Å². The summed E-state index contributed by atoms with van der Waals surface area (Å²) in [5.74, 6) is -4.38. The Labute approximate surface area is 284 Å². The lowest BCUT2D eigenvalue weighted by atomic mass is 9.78. The first-order chi connectivity index (χ1) is 23.7. The maximum atomic E-state index is 14.3. The minimum atomic E-state index is -5.59. The molecule has 0 spiro atoms. The van der Waals surface area contributed by atoms with E-state index in [9.17, 15) is 36.0 Å². The second-order valence-corrected chi connectivity index (χ2v) is 13.1. The zero-order chi connectivity index (χ0) is 36.1. The first kappa shape index (κ1) is 35.7. The van der Waals surface area contributed by atoms with E-state index in [2.05, 4.69) is 40.3 Å². The monoisotopic (exact) mass is 711 g/mol. The van der Waals surface area contributed by atoms with E-state index in [4.69, 9.17) is 0 Å². The van der Waals surface area contributed by atoms with E-state index in [1.807, 2.05) is 30.3 Å². The summed E-state index contributed by atoms with van der Waals surface area (Å²) in [5.41, 5.74) is 0.534. The molecule has 0 aliphatic rings. The summed E-state index contributed by atoms with van der Waals surface area (Å²) in [6, 6.07) is 14.5. The van der Waals surface area contributed by atoms with Gasteiger partial charge in [-0.2, -0.15) is 23.0 Å². The molecule has 5 rings (SSSR count). The topological polar surface area (TPSA) is 188 Å². The number of nitrogens with one attached hydrogen (secondary N) is 5. The second kappa shape index (κ2) is 14.5. The van der Waals surface area contributed by atoms with Gasteiger partial charge in [0.25, 0.3) is 0 Å². The van der Waals surface area contributed by atoms with Gasteiger partial charge in [-0.15, -0.1) is 0 Å². The predicted octanol–water partition coefficient (Wildman–Crippen LogP) is 4.38. The Morgan fingerprint density at radius 2 is 1.74 bits per heavy atom. The number of fused-ring (bicyclic) bond motifs is 1. The van der Waals surface area contributed by atoms with Crippen LogP contribution in [0.5, 0.6) is 0 Å². The molecule has 2 unspecified atom stereocenters. The Morgan fingerprint density at radius 3 is 2.38 bits per heavy atom. The van der Waals surface area contributed by atoms with E-state index >= 15 is 0 Å². The summed E-state index contributed by atoms with van der Waals surface area (Å²) in [4.78, 5) is 44.7. The number of anilines is 1. The van der Waals surface area contributed by atoms with Crippen LogP contribution >= 0.6 is 0 Å². The van der Waals surface area contributed by atoms with Gasteiger partial charge in [0.2, 0.25) is 16.4 Å². The highest BCUT2D eigenvalue weighted by atomic mass is 32.2. The van der Waals surface area contributed by atoms with Gasteiger partial charge in [0, 0.05) is 24.3 Å². The molecule has 0 saturated carbocycles. The van der Waals surface area contributed by atoms with Crippen LogP contribution in [0, 0.1) is 13.8 Å². The van der Waals surface area contributed by atoms with Crippen LogP contribution in [-0.4, -0.2) is 65.7 Å². The largest absolute Gasteiger partial charge is 0.491 e. The molecule has 3 aromatic carbocycles. The van der Waals surface area contributed by atoms with Gasteiger partial charge in [-0.1, -0.05) is 48.5 Å². The molecule has 0 fully saturated rings. The van der Waals surface area contributed by atoms with Crippen LogP contribution < -0.4 is 15.4 Å². The van der Waals surface area contributed by atoms with Crippen molar-refractivity contribution in [3.63, 3.8) is 0 Å². The number of hydrogen-bond acceptors (Lipinski definition) is 9. The standard InChI is InChI=1S/C33H32F3N7O6S/c1-20-15-23(22-7-4-3-5-8-22)16-21(2)27(20)50(47,48)43-28(29(45)49-30(46)33(34,35)36)32(40-19-44,11-6-12-37-31-38-13-14-39-31)25-9-10-26-24(17-25)18-41-42-26/h3-5,7-10,13-19,28,43H,6,11-12H2,1-2H3,(H,40,44)(H,41,42)(H2,37,38,39). The number of imidazole rings is 1. The maximum absolute atomic E-state index is 14.3. The minimum absolute atomic E-state index is 0.0908. The van der Waals surface area contributed by atoms with Crippen molar-refractivity contribution in [2.24, 2.45) is 0 Å². The predicted molar refractivity (Wildman–Crippen MR) is 176 cm³/mol. The average Bonchev–Trinajstić information content (AvgIpc) is 3.77. The number of benzene rings is 3. The number of esters is 2. The zero-order valence-corrected chi connectivity index (χ0v) is 27.5. The van der Waals surface area contributed by atoms with Crippen LogP contribution in [0.15, 0.2) is 84.1 Å². The Balaban J connectivity index is 1.63. The third kappa shape index (κ3) is 7.68. The number of nitrogens with zero attached hydrogens (tertiary/aromatic N) is 2. The number of hydrogen-bond donors (Lipinski definition) is 5. The fraction of sp³-hybridized carbons (Fsp3) is 0.242. The average molecular weight is 712 g/mol. The molecule has 2 heterocycles. The first-order valence-electron chi connectivity index (χ1n) is 15.2. The molecule has 5 aromatic rings. The van der Waals surface area contributed by atoms with Crippen molar-refractivity contribution >= 4 is 45.2 Å². The van der Waals surface area contributed by atoms with Crippen molar-refractivity contribution in [1.82, 2.24) is 30.2 Å². The van der Waals surface area contributed by atoms with Gasteiger partial charge in [-0.25, -0.2) is 23.0 Å². The summed E-state index contributed by atoms with van der Waals surface area (Å²) in [7, 11) is -4.79. The highest BCUT2D eigenvalue weighted by Crippen LogP contribution is 2.36. The summed E-state index contributed by atoms with van der Waals surface area (Å²) >= 11 is 0. The molecule has 2 aromatic heterocycles. The Kier molecular flexibility index (Phi) is 10.4. The highest BCUT2D eigenvalue weighted by Gasteiger charge is 2.51. The summed E-state index contributed by atoms with van der Waals surface area (Å²) in [6.45, 7) is 3.20. The van der Waals surface area contributed by atoms with Crippen molar-refractivity contribution in [2.75, 3.05) is 11.9 Å². The van der Waals surface area contributed by atoms with E-state index in [0.717, 1.165) is 5.56 Å². The molecule has 0 aliphatic heterocycles. The van der Waals surface area contributed by atoms with Gasteiger partial charge >= 0.3 is 18.1 Å². The molecule has 2 atom stereocenters. The number of alkyl halides is 3. The summed E-state index contributed by atoms with van der Waals surface area (Å²) in [6.07, 6.45) is -1.09. The summed E-state index contributed by atoms with van der Waals surface area (Å²) in [5, 5.41) is 12.7. The number of rotatable bonds is 14. The quantitative estimate of drug-likeness (QED) is 0.0482. The first-order valence-corrected chi connectivity index (χ1v) is 16.6. The van der Waals surface area contributed by atoms with E-state index < -0.39 is 39.7 Å². The van der Waals surface area contributed by atoms with Gasteiger partial charge < -0.3 is 20.4 Å². The van der Waals surface area contributed by atoms with Gasteiger partial charge in [0.1, 0.15) is 6.04 Å². The molecule has 0 aliphatic carbocycles. The number of amides is 1. The minimum Gasteiger partial charge on any atom is -0.385 e. The van der Waals surface area contributed by atoms with E-state index in [0.29, 0.717) is 22.4 Å². The van der Waals surface area contributed by atoms with E-state index in [-0.39, 0.29) is 47.4 Å². The molecule has 1 amide bonds. The molecule has 262 valence electrons. The molecule has 0 bridgehead atoms. The third-order valence-corrected chi connectivity index (χ3v) is 9.80. The number of carbonyl (C=O) groups is 3. The number of aromatic nitrogens is 4. The van der Waals surface area contributed by atoms with Gasteiger partial charge in [-0.05, 0) is 66.6 Å². The maximum Gasteiger partial charge on any atom is 0.491 e. The number of H-pyrrole nitrogens is 2. The van der Waals surface area contributed by atoms with Crippen molar-refractivity contribution in [3.8, 4) is 11.1 Å². The molecule has 13 nitrogen and oxygen atoms in total. The Morgan fingerprint density at radius 1 is 1.02 bits per heavy atom. The number of carbonyl (C=O) groups excluding carboxylic acids is 3. The SMILES string of the molecule is Cc1cc(-c2ccccc2)cc(C)c1S(=O)(=O)NC(C(=O)OC(=O)C(F)(F)F)C(CCCNc1ncc[nH]1)(NC=O)c1ccc2[nH]ncc2c1. The van der Waals surface area contributed by atoms with Crippen LogP contribution in [0.3, 0.4) is 0 Å². The van der Waals surface area contributed by atoms with Gasteiger partial charge in [-0.3, -0.25) is 9.89 Å². The molecule has 17 heteroatoms. The van der Waals surface area contributed by atoms with Gasteiger partial charge in [0.15, 0.2) is 5.95 Å². The molecular formula is C33H32F3N7O6S. The fourth-order valence-corrected chi connectivity index (χ4v) is 7.59. The molecule has 0 saturated heterocycles. The second-order valence-electron chi connectivity index (χ2n) is 11.4. The summed E-state index contributed by atoms with van der Waals surface area (Å²) < 4.78 is 75.2. The number of halogens is 3. The van der Waals surface area contributed by atoms with Crippen LogP contribution in [0.2, 0.25) is 0 Å². The van der Waals surface area contributed by atoms with Crippen molar-refractivity contribution < 1.29 is 40.7 Å². The fourth-order valence-electron chi connectivity index (χ4n) is 5.90. The smallest absolute Gasteiger partial charge is 0.385 e. The van der Waals surface area contributed by atoms with Crippen LogP contribution in [-0.2, 0) is 34.7 Å². The van der Waals surface area contributed by atoms with Crippen molar-refractivity contribution in [2.45, 2.75) is 49.3 Å². The molecule has 0 radical (unpaired) electrons. The van der Waals surface area contributed by atoms with Crippen LogP contribution in [0.4, 0.5) is 19.1 Å². The lowest BCUT2D eigenvalue weighted by Gasteiger charge is -2.40. The van der Waals surface area contributed by atoms with E-state index in [1.54, 1.807) is 18.3 Å². The lowest BCUT2D eigenvalue weighted by Crippen LogP contribution is -2.62. The number of aryl methyl sites for hydroxylation is 2. The Bertz CT molecular complexity index is 2080. The Hall–Kier alpha value is -5.55. The van der Waals surface area contributed by atoms with Crippen molar-refractivity contribution in [3.05, 3.63) is 95.9 Å².